The summed E-state index contributed by atoms with van der Waals surface area (Å²) in [6.07, 6.45) is 8.99. The molecule has 0 aliphatic carbocycles. The van der Waals surface area contributed by atoms with Crippen molar-refractivity contribution >= 4 is 61.2 Å². The minimum Gasteiger partial charge on any atom is -0.372 e. The van der Waals surface area contributed by atoms with Crippen LogP contribution in [0.1, 0.15) is 84.8 Å². The molecule has 3 N–H and O–H groups in total. The Hall–Kier alpha value is -6.24. The molecule has 0 spiro atoms. The summed E-state index contributed by atoms with van der Waals surface area (Å²) in [7, 11) is -2.32. The smallest absolute Gasteiger partial charge is 0.329 e. The third-order valence-electron chi connectivity index (χ3n) is 14.1. The maximum atomic E-state index is 15.8. The highest BCUT2D eigenvalue weighted by Crippen LogP contribution is 2.36. The lowest BCUT2D eigenvalue weighted by atomic mass is 9.87. The molecular weight excluding hydrogens is 869 g/mol. The molecule has 1 atom stereocenters. The number of aromatic nitrogens is 4. The van der Waals surface area contributed by atoms with Crippen LogP contribution < -0.4 is 20.6 Å². The SMILES string of the molecule is Cn1c(=O)n(C2CCC(=O)NC2=O)c2cccc(C3CCN(CC4CCN(c5ccc(-c6cnc7[nH]cc(C(=O)c8c(F)ccc(NS(=O)(=O)N9CCCC9)c8F)c7c6)cc5)CC4)CC3)c21. The van der Waals surface area contributed by atoms with E-state index in [0.29, 0.717) is 54.9 Å². The van der Waals surface area contributed by atoms with Gasteiger partial charge in [-0.25, -0.2) is 18.6 Å². The number of benzene rings is 3. The van der Waals surface area contributed by atoms with E-state index in [0.717, 1.165) is 98.4 Å². The van der Waals surface area contributed by atoms with Crippen molar-refractivity contribution in [3.05, 3.63) is 112 Å². The first-order valence-electron chi connectivity index (χ1n) is 22.7. The molecule has 3 aromatic carbocycles. The predicted molar refractivity (Wildman–Crippen MR) is 247 cm³/mol. The standard InChI is InChI=1S/C48H51F2N9O6S/c1-55-44-34(5-4-6-39(44)59(48(55)63)40-13-14-41(60)53-47(40)62)31-17-21-56(22-18-31)28-29-15-23-57(24-16-29)33-9-7-30(8-10-33)32-25-35-36(27-52-46(35)51-26-32)45(61)42-37(49)11-12-38(43(42)50)54-66(64,65)58-19-2-3-20-58/h4-12,25-27,29,31,40,54H,2-3,13-24,28H2,1H3,(H,51,52)(H,53,60,62). The molecule has 18 heteroatoms. The Morgan fingerprint density at radius 1 is 0.879 bits per heavy atom. The second-order valence-electron chi connectivity index (χ2n) is 18.1. The van der Waals surface area contributed by atoms with E-state index in [-0.39, 0.29) is 29.5 Å². The van der Waals surface area contributed by atoms with Crippen LogP contribution in [0.25, 0.3) is 33.2 Å². The molecule has 2 amide bonds. The second-order valence-corrected chi connectivity index (χ2v) is 19.8. The Morgan fingerprint density at radius 3 is 2.35 bits per heavy atom. The van der Waals surface area contributed by atoms with Crippen molar-refractivity contribution in [2.45, 2.75) is 63.3 Å². The number of imidazole rings is 1. The zero-order chi connectivity index (χ0) is 45.9. The summed E-state index contributed by atoms with van der Waals surface area (Å²) in [6, 6.07) is 17.0. The molecule has 4 aliphatic rings. The number of nitrogens with zero attached hydrogens (tertiary/aromatic N) is 6. The molecule has 66 heavy (non-hydrogen) atoms. The number of likely N-dealkylation sites (tertiary alicyclic amines) is 1. The molecule has 0 saturated carbocycles. The third kappa shape index (κ3) is 8.08. The fraction of sp³-hybridized carbons (Fsp3) is 0.396. The quantitative estimate of drug-likeness (QED) is 0.101. The average molecular weight is 920 g/mol. The van der Waals surface area contributed by atoms with Gasteiger partial charge in [0.15, 0.2) is 5.82 Å². The molecular formula is C48H51F2N9O6S. The van der Waals surface area contributed by atoms with Crippen molar-refractivity contribution in [3.8, 4) is 11.1 Å². The van der Waals surface area contributed by atoms with Crippen molar-refractivity contribution in [2.75, 3.05) is 55.4 Å². The van der Waals surface area contributed by atoms with Crippen LogP contribution in [0.5, 0.6) is 0 Å². The topological polar surface area (TPSA) is 175 Å². The monoisotopic (exact) mass is 919 g/mol. The number of piperidine rings is 3. The number of hydrogen-bond acceptors (Lipinski definition) is 9. The van der Waals surface area contributed by atoms with E-state index in [1.807, 2.05) is 24.3 Å². The van der Waals surface area contributed by atoms with Crippen LogP contribution in [0.3, 0.4) is 0 Å². The predicted octanol–water partition coefficient (Wildman–Crippen LogP) is 6.22. The Balaban J connectivity index is 0.757. The van der Waals surface area contributed by atoms with Gasteiger partial charge in [-0.3, -0.25) is 33.6 Å². The number of nitrogens with one attached hydrogen (secondary N) is 3. The maximum Gasteiger partial charge on any atom is 0.329 e. The minimum absolute atomic E-state index is 0.00512. The van der Waals surface area contributed by atoms with Gasteiger partial charge in [0.25, 0.3) is 0 Å². The van der Waals surface area contributed by atoms with Gasteiger partial charge >= 0.3 is 15.9 Å². The first-order valence-corrected chi connectivity index (χ1v) is 24.2. The Labute approximate surface area is 380 Å². The van der Waals surface area contributed by atoms with Crippen LogP contribution in [-0.2, 0) is 26.8 Å². The number of para-hydroxylation sites is 1. The van der Waals surface area contributed by atoms with Crippen LogP contribution in [-0.4, -0.2) is 100 Å². The van der Waals surface area contributed by atoms with Gasteiger partial charge in [-0.15, -0.1) is 0 Å². The molecule has 7 heterocycles. The van der Waals surface area contributed by atoms with Gasteiger partial charge in [-0.05, 0) is 117 Å². The number of carbonyl (C=O) groups excluding carboxylic acids is 3. The first-order chi connectivity index (χ1) is 31.8. The number of aromatic amines is 1. The lowest BCUT2D eigenvalue weighted by Crippen LogP contribution is -2.44. The summed E-state index contributed by atoms with van der Waals surface area (Å²) in [5.74, 6) is -3.21. The number of aryl methyl sites for hydroxylation is 1. The lowest BCUT2D eigenvalue weighted by molar-refractivity contribution is -0.135. The summed E-state index contributed by atoms with van der Waals surface area (Å²) in [4.78, 5) is 64.2. The number of rotatable bonds is 11. The highest BCUT2D eigenvalue weighted by Gasteiger charge is 2.34. The number of anilines is 2. The van der Waals surface area contributed by atoms with E-state index >= 15 is 8.78 Å². The molecule has 10 rings (SSSR count). The molecule has 344 valence electrons. The summed E-state index contributed by atoms with van der Waals surface area (Å²) < 4.78 is 63.2. The summed E-state index contributed by atoms with van der Waals surface area (Å²) >= 11 is 0. The largest absolute Gasteiger partial charge is 0.372 e. The third-order valence-corrected chi connectivity index (χ3v) is 15.6. The second kappa shape index (κ2) is 17.5. The Morgan fingerprint density at radius 2 is 1.62 bits per heavy atom. The first kappa shape index (κ1) is 43.6. The van der Waals surface area contributed by atoms with Gasteiger partial charge < -0.3 is 14.8 Å². The lowest BCUT2D eigenvalue weighted by Gasteiger charge is -2.38. The average Bonchev–Trinajstić information content (AvgIpc) is 4.08. The highest BCUT2D eigenvalue weighted by molar-refractivity contribution is 7.90. The van der Waals surface area contributed by atoms with Crippen LogP contribution in [0.4, 0.5) is 20.2 Å². The summed E-state index contributed by atoms with van der Waals surface area (Å²) in [5, 5.41) is 2.77. The van der Waals surface area contributed by atoms with Gasteiger partial charge in [0.1, 0.15) is 17.5 Å². The van der Waals surface area contributed by atoms with Crippen LogP contribution >= 0.6 is 0 Å². The van der Waals surface area contributed by atoms with Gasteiger partial charge in [0.05, 0.1) is 22.3 Å². The number of pyridine rings is 1. The van der Waals surface area contributed by atoms with E-state index in [2.05, 4.69) is 48.0 Å². The molecule has 0 radical (unpaired) electrons. The molecule has 0 bridgehead atoms. The maximum absolute atomic E-state index is 15.8. The normalized spacial score (nSPS) is 19.6. The Kier molecular flexibility index (Phi) is 11.6. The zero-order valence-electron chi connectivity index (χ0n) is 36.6. The van der Waals surface area contributed by atoms with Crippen molar-refractivity contribution < 1.29 is 31.6 Å². The van der Waals surface area contributed by atoms with Gasteiger partial charge in [0.2, 0.25) is 17.6 Å². The molecule has 1 unspecified atom stereocenters. The van der Waals surface area contributed by atoms with Gasteiger partial charge in [0, 0.05) is 80.8 Å². The van der Waals surface area contributed by atoms with Crippen LogP contribution in [0.2, 0.25) is 0 Å². The van der Waals surface area contributed by atoms with E-state index in [1.165, 1.54) is 10.5 Å². The van der Waals surface area contributed by atoms with E-state index in [4.69, 9.17) is 0 Å². The van der Waals surface area contributed by atoms with Crippen LogP contribution in [0.15, 0.2) is 77.9 Å². The molecule has 15 nitrogen and oxygen atoms in total. The van der Waals surface area contributed by atoms with E-state index in [1.54, 1.807) is 28.4 Å². The highest BCUT2D eigenvalue weighted by atomic mass is 32.2. The van der Waals surface area contributed by atoms with Gasteiger partial charge in [-0.1, -0.05) is 24.3 Å². The number of hydrogen-bond donors (Lipinski definition) is 3. The summed E-state index contributed by atoms with van der Waals surface area (Å²) in [6.45, 7) is 5.41. The molecule has 4 saturated heterocycles. The Bertz CT molecular complexity index is 3050. The van der Waals surface area contributed by atoms with E-state index < -0.39 is 50.8 Å². The fourth-order valence-electron chi connectivity index (χ4n) is 10.5. The number of ketones is 1. The van der Waals surface area contributed by atoms with Crippen LogP contribution in [0, 0.1) is 17.6 Å². The zero-order valence-corrected chi connectivity index (χ0v) is 37.4. The number of fused-ring (bicyclic) bond motifs is 2. The molecule has 4 aliphatic heterocycles. The number of amides is 2. The number of halogens is 2. The van der Waals surface area contributed by atoms with Crippen molar-refractivity contribution in [3.63, 3.8) is 0 Å². The summed E-state index contributed by atoms with van der Waals surface area (Å²) in [5.41, 5.74) is 4.16. The van der Waals surface area contributed by atoms with Crippen molar-refractivity contribution in [1.82, 2.24) is 33.6 Å². The van der Waals surface area contributed by atoms with E-state index in [9.17, 15) is 27.6 Å². The minimum atomic E-state index is -4.09. The van der Waals surface area contributed by atoms with Gasteiger partial charge in [-0.2, -0.15) is 12.7 Å². The van der Waals surface area contributed by atoms with Crippen molar-refractivity contribution in [2.24, 2.45) is 13.0 Å². The number of carbonyl (C=O) groups is 3. The number of imide groups is 1. The van der Waals surface area contributed by atoms with Crippen molar-refractivity contribution in [1.29, 1.82) is 0 Å². The molecule has 4 fully saturated rings. The number of H-pyrrole nitrogens is 1. The molecule has 3 aromatic heterocycles. The fourth-order valence-corrected chi connectivity index (χ4v) is 11.8. The molecule has 6 aromatic rings.